The summed E-state index contributed by atoms with van der Waals surface area (Å²) in [5.41, 5.74) is 2.33. The molecule has 2 aromatic rings. The molecule has 4 heterocycles. The number of amides is 2. The number of esters is 1. The van der Waals surface area contributed by atoms with Crippen molar-refractivity contribution >= 4 is 29.7 Å². The third-order valence-electron chi connectivity index (χ3n) is 10.5. The van der Waals surface area contributed by atoms with E-state index in [9.17, 15) is 19.5 Å². The number of carbonyl (C=O) groups is 3. The first-order valence-electron chi connectivity index (χ1n) is 18.3. The molecule has 5 atom stereocenters. The standard InChI is InChI=1S/C39H53FN6O6/c1-26-6-8-33(47)24-36(48)52-37(27(2)7-9-35(26)51-39(50)46-18-16-43(4)17-19-46)28(3)20-29-21-30(40)23-32(22-29)44(5)31-10-14-45(15-11-31)38(49)34-25-41-12-13-42-34/h7,9,12-13,20-23,25-27,31,33,35,37,47H,6,8,10-11,14-19,24H2,1-5H3/b9-7+,28-20+/t26-,27-,33+,35-,37-/m0/s1. The van der Waals surface area contributed by atoms with Gasteiger partial charge in [0.1, 0.15) is 23.7 Å². The molecule has 0 unspecified atom stereocenters. The summed E-state index contributed by atoms with van der Waals surface area (Å²) in [5.74, 6) is -1.47. The summed E-state index contributed by atoms with van der Waals surface area (Å²) in [6.45, 7) is 9.60. The quantitative estimate of drug-likeness (QED) is 0.329. The first-order chi connectivity index (χ1) is 24.9. The largest absolute Gasteiger partial charge is 0.457 e. The second-order valence-corrected chi connectivity index (χ2v) is 14.6. The fourth-order valence-electron chi connectivity index (χ4n) is 7.10. The Hall–Kier alpha value is -4.36. The van der Waals surface area contributed by atoms with Crippen molar-refractivity contribution in [2.45, 2.75) is 77.2 Å². The van der Waals surface area contributed by atoms with Gasteiger partial charge >= 0.3 is 12.1 Å². The van der Waals surface area contributed by atoms with Crippen LogP contribution in [0.5, 0.6) is 0 Å². The van der Waals surface area contributed by atoms with Crippen molar-refractivity contribution in [3.05, 3.63) is 71.6 Å². The van der Waals surface area contributed by atoms with E-state index >= 15 is 4.39 Å². The van der Waals surface area contributed by atoms with Gasteiger partial charge in [-0.15, -0.1) is 0 Å². The van der Waals surface area contributed by atoms with Gasteiger partial charge in [0.25, 0.3) is 5.91 Å². The van der Waals surface area contributed by atoms with Crippen LogP contribution in [-0.2, 0) is 14.3 Å². The molecular formula is C39H53FN6O6. The molecule has 3 aliphatic rings. The number of hydrogen-bond donors (Lipinski definition) is 1. The van der Waals surface area contributed by atoms with Gasteiger partial charge < -0.3 is 34.2 Å². The zero-order chi connectivity index (χ0) is 37.4. The number of halogens is 1. The number of piperazine rings is 1. The van der Waals surface area contributed by atoms with E-state index < -0.39 is 30.1 Å². The molecule has 52 heavy (non-hydrogen) atoms. The zero-order valence-electron chi connectivity index (χ0n) is 31.0. The SMILES string of the molecule is C/C(=C\c1cc(F)cc(N(C)C2CCN(C(=O)c3cnccn3)CC2)c1)[C@H]1OC(=O)C[C@H](O)CC[C@H](C)[C@@H](OC(=O)N2CCN(C)CC2)/C=C/[C@@H]1C. The van der Waals surface area contributed by atoms with Gasteiger partial charge in [0.15, 0.2) is 0 Å². The highest BCUT2D eigenvalue weighted by Gasteiger charge is 2.30. The summed E-state index contributed by atoms with van der Waals surface area (Å²) in [6.07, 6.45) is 9.80. The molecule has 2 amide bonds. The van der Waals surface area contributed by atoms with Gasteiger partial charge in [-0.25, -0.2) is 14.2 Å². The zero-order valence-corrected chi connectivity index (χ0v) is 31.0. The van der Waals surface area contributed by atoms with Crippen molar-refractivity contribution in [2.24, 2.45) is 11.8 Å². The molecule has 2 saturated heterocycles. The number of anilines is 1. The average Bonchev–Trinajstić information content (AvgIpc) is 3.13. The minimum absolute atomic E-state index is 0.0892. The summed E-state index contributed by atoms with van der Waals surface area (Å²) in [4.78, 5) is 54.9. The predicted octanol–water partition coefficient (Wildman–Crippen LogP) is 4.80. The minimum Gasteiger partial charge on any atom is -0.457 e. The molecule has 5 rings (SSSR count). The molecule has 1 N–H and O–H groups in total. The highest BCUT2D eigenvalue weighted by atomic mass is 19.1. The Bertz CT molecular complexity index is 1590. The molecule has 0 bridgehead atoms. The Balaban J connectivity index is 1.30. The van der Waals surface area contributed by atoms with E-state index in [1.807, 2.05) is 64.1 Å². The predicted molar refractivity (Wildman–Crippen MR) is 196 cm³/mol. The van der Waals surface area contributed by atoms with Crippen LogP contribution >= 0.6 is 0 Å². The summed E-state index contributed by atoms with van der Waals surface area (Å²) >= 11 is 0. The van der Waals surface area contributed by atoms with E-state index in [-0.39, 0.29) is 36.3 Å². The molecule has 0 spiro atoms. The van der Waals surface area contributed by atoms with Gasteiger partial charge in [-0.1, -0.05) is 26.0 Å². The van der Waals surface area contributed by atoms with E-state index in [0.717, 1.165) is 13.1 Å². The van der Waals surface area contributed by atoms with Crippen molar-refractivity contribution in [3.8, 4) is 0 Å². The summed E-state index contributed by atoms with van der Waals surface area (Å²) in [7, 11) is 3.96. The van der Waals surface area contributed by atoms with Crippen LogP contribution < -0.4 is 4.90 Å². The van der Waals surface area contributed by atoms with Gasteiger partial charge in [0.2, 0.25) is 0 Å². The van der Waals surface area contributed by atoms with Crippen molar-refractivity contribution in [3.63, 3.8) is 0 Å². The van der Waals surface area contributed by atoms with Gasteiger partial charge in [-0.3, -0.25) is 14.6 Å². The highest BCUT2D eigenvalue weighted by molar-refractivity contribution is 5.92. The van der Waals surface area contributed by atoms with E-state index in [2.05, 4.69) is 14.9 Å². The maximum absolute atomic E-state index is 15.1. The Morgan fingerprint density at radius 1 is 1.00 bits per heavy atom. The van der Waals surface area contributed by atoms with Crippen LogP contribution in [0.25, 0.3) is 6.08 Å². The first-order valence-corrected chi connectivity index (χ1v) is 18.3. The Labute approximate surface area is 306 Å². The van der Waals surface area contributed by atoms with Crippen LogP contribution in [-0.4, -0.2) is 125 Å². The van der Waals surface area contributed by atoms with E-state index in [4.69, 9.17) is 9.47 Å². The van der Waals surface area contributed by atoms with Crippen molar-refractivity contribution in [2.75, 3.05) is 58.3 Å². The molecule has 1 aromatic heterocycles. The molecule has 0 aliphatic carbocycles. The molecule has 13 heteroatoms. The van der Waals surface area contributed by atoms with E-state index in [1.165, 1.54) is 30.7 Å². The number of aliphatic hydroxyl groups excluding tert-OH is 1. The molecular weight excluding hydrogens is 667 g/mol. The van der Waals surface area contributed by atoms with Crippen LogP contribution in [0.2, 0.25) is 0 Å². The second-order valence-electron chi connectivity index (χ2n) is 14.6. The van der Waals surface area contributed by atoms with Crippen LogP contribution in [0, 0.1) is 17.7 Å². The number of ether oxygens (including phenoxy) is 2. The van der Waals surface area contributed by atoms with Gasteiger partial charge in [-0.05, 0) is 81.0 Å². The normalized spacial score (nSPS) is 26.5. The summed E-state index contributed by atoms with van der Waals surface area (Å²) < 4.78 is 27.1. The Kier molecular flexibility index (Phi) is 13.4. The number of nitrogens with zero attached hydrogens (tertiary/aromatic N) is 6. The molecule has 3 aliphatic heterocycles. The molecule has 1 aromatic carbocycles. The topological polar surface area (TPSA) is 129 Å². The molecule has 2 fully saturated rings. The number of benzene rings is 1. The number of hydrogen-bond acceptors (Lipinski definition) is 10. The first kappa shape index (κ1) is 38.9. The molecule has 282 valence electrons. The van der Waals surface area contributed by atoms with Gasteiger partial charge in [0.05, 0.1) is 18.7 Å². The molecule has 0 radical (unpaired) electrons. The maximum Gasteiger partial charge on any atom is 0.410 e. The van der Waals surface area contributed by atoms with Crippen LogP contribution in [0.1, 0.15) is 68.9 Å². The number of likely N-dealkylation sites (tertiary alicyclic amines) is 1. The number of carbonyl (C=O) groups excluding carboxylic acids is 3. The van der Waals surface area contributed by atoms with Gasteiger partial charge in [-0.2, -0.15) is 0 Å². The Morgan fingerprint density at radius 3 is 2.42 bits per heavy atom. The summed E-state index contributed by atoms with van der Waals surface area (Å²) in [6, 6.07) is 4.94. The minimum atomic E-state index is -0.897. The maximum atomic E-state index is 15.1. The lowest BCUT2D eigenvalue weighted by atomic mass is 9.91. The fraction of sp³-hybridized carbons (Fsp3) is 0.564. The number of rotatable bonds is 6. The van der Waals surface area contributed by atoms with Crippen molar-refractivity contribution in [1.29, 1.82) is 0 Å². The lowest BCUT2D eigenvalue weighted by Crippen LogP contribution is -2.48. The fourth-order valence-corrected chi connectivity index (χ4v) is 7.10. The van der Waals surface area contributed by atoms with Crippen molar-refractivity contribution < 1.29 is 33.4 Å². The number of aliphatic hydroxyl groups is 1. The smallest absolute Gasteiger partial charge is 0.410 e. The lowest BCUT2D eigenvalue weighted by molar-refractivity contribution is -0.151. The number of cyclic esters (lactones) is 1. The van der Waals surface area contributed by atoms with Crippen LogP contribution in [0.3, 0.4) is 0 Å². The van der Waals surface area contributed by atoms with Crippen molar-refractivity contribution in [1.82, 2.24) is 24.7 Å². The second kappa shape index (κ2) is 17.9. The van der Waals surface area contributed by atoms with Crippen LogP contribution in [0.15, 0.2) is 54.5 Å². The highest BCUT2D eigenvalue weighted by Crippen LogP contribution is 2.29. The number of piperidine rings is 1. The van der Waals surface area contributed by atoms with E-state index in [1.54, 1.807) is 9.80 Å². The average molecular weight is 721 g/mol. The third kappa shape index (κ3) is 10.4. The van der Waals surface area contributed by atoms with E-state index in [0.29, 0.717) is 74.4 Å². The Morgan fingerprint density at radius 2 is 1.73 bits per heavy atom. The summed E-state index contributed by atoms with van der Waals surface area (Å²) in [5, 5.41) is 10.7. The molecule has 0 saturated carbocycles. The lowest BCUT2D eigenvalue weighted by Gasteiger charge is -2.37. The number of aromatic nitrogens is 2. The third-order valence-corrected chi connectivity index (χ3v) is 10.5. The number of likely N-dealkylation sites (N-methyl/N-ethyl adjacent to an activating group) is 1. The monoisotopic (exact) mass is 720 g/mol. The van der Waals surface area contributed by atoms with Gasteiger partial charge in [0, 0.05) is 76.4 Å². The molecule has 12 nitrogen and oxygen atoms in total. The van der Waals surface area contributed by atoms with Crippen LogP contribution in [0.4, 0.5) is 14.9 Å².